The third-order valence-corrected chi connectivity index (χ3v) is 2.50. The normalized spacial score (nSPS) is 10.2. The zero-order valence-electron chi connectivity index (χ0n) is 10.2. The number of anilines is 2. The van der Waals surface area contributed by atoms with E-state index < -0.39 is 33.8 Å². The van der Waals surface area contributed by atoms with Crippen LogP contribution < -0.4 is 5.32 Å². The Morgan fingerprint density at radius 2 is 2.05 bits per heavy atom. The molecule has 0 unspecified atom stereocenters. The average Bonchev–Trinajstić information content (AvgIpc) is 2.41. The first-order valence-corrected chi connectivity index (χ1v) is 5.48. The van der Waals surface area contributed by atoms with Crippen LogP contribution in [-0.4, -0.2) is 21.0 Å². The summed E-state index contributed by atoms with van der Waals surface area (Å²) in [4.78, 5) is 24.4. The van der Waals surface area contributed by atoms with Gasteiger partial charge in [0, 0.05) is 12.1 Å². The molecule has 1 heterocycles. The van der Waals surface area contributed by atoms with Crippen molar-refractivity contribution in [3.05, 3.63) is 57.8 Å². The minimum Gasteiger partial charge on any atom is -0.478 e. The number of hydrogen-bond acceptors (Lipinski definition) is 5. The number of benzene rings is 1. The van der Waals surface area contributed by atoms with Gasteiger partial charge in [-0.1, -0.05) is 0 Å². The van der Waals surface area contributed by atoms with Gasteiger partial charge < -0.3 is 10.4 Å². The van der Waals surface area contributed by atoms with E-state index in [1.165, 1.54) is 0 Å². The molecule has 1 aromatic carbocycles. The second-order valence-electron chi connectivity index (χ2n) is 3.90. The van der Waals surface area contributed by atoms with Gasteiger partial charge in [-0.25, -0.2) is 18.6 Å². The maximum absolute atomic E-state index is 13.5. The summed E-state index contributed by atoms with van der Waals surface area (Å²) in [5.41, 5.74) is -1.23. The molecular weight excluding hydrogens is 288 g/mol. The summed E-state index contributed by atoms with van der Waals surface area (Å²) in [5, 5.41) is 22.0. The quantitative estimate of drug-likeness (QED) is 0.663. The van der Waals surface area contributed by atoms with Gasteiger partial charge in [-0.15, -0.1) is 0 Å². The van der Waals surface area contributed by atoms with E-state index in [1.54, 1.807) is 0 Å². The Balaban J connectivity index is 2.44. The molecule has 0 atom stereocenters. The molecule has 2 aromatic rings. The molecule has 108 valence electrons. The number of aromatic nitrogens is 1. The monoisotopic (exact) mass is 295 g/mol. The van der Waals surface area contributed by atoms with E-state index in [-0.39, 0.29) is 11.5 Å². The second-order valence-corrected chi connectivity index (χ2v) is 3.90. The van der Waals surface area contributed by atoms with Crippen molar-refractivity contribution in [3.8, 4) is 0 Å². The van der Waals surface area contributed by atoms with Gasteiger partial charge in [-0.2, -0.15) is 0 Å². The SMILES string of the molecule is O=C(O)c1cc([N+](=O)[O-])cnc1Nc1ccc(F)cc1F. The van der Waals surface area contributed by atoms with E-state index in [1.807, 2.05) is 0 Å². The van der Waals surface area contributed by atoms with Crippen molar-refractivity contribution in [2.24, 2.45) is 0 Å². The van der Waals surface area contributed by atoms with E-state index in [2.05, 4.69) is 10.3 Å². The lowest BCUT2D eigenvalue weighted by Crippen LogP contribution is -2.07. The van der Waals surface area contributed by atoms with E-state index in [4.69, 9.17) is 5.11 Å². The maximum Gasteiger partial charge on any atom is 0.339 e. The molecule has 0 aliphatic heterocycles. The highest BCUT2D eigenvalue weighted by Gasteiger charge is 2.18. The molecule has 0 saturated carbocycles. The van der Waals surface area contributed by atoms with Gasteiger partial charge in [-0.3, -0.25) is 10.1 Å². The third-order valence-electron chi connectivity index (χ3n) is 2.50. The third kappa shape index (κ3) is 3.08. The van der Waals surface area contributed by atoms with Crippen molar-refractivity contribution in [3.63, 3.8) is 0 Å². The summed E-state index contributed by atoms with van der Waals surface area (Å²) in [6.45, 7) is 0. The number of nitrogens with one attached hydrogen (secondary N) is 1. The maximum atomic E-state index is 13.5. The van der Waals surface area contributed by atoms with E-state index in [9.17, 15) is 23.7 Å². The molecule has 0 amide bonds. The molecule has 2 N–H and O–H groups in total. The average molecular weight is 295 g/mol. The van der Waals surface area contributed by atoms with Crippen LogP contribution in [0.5, 0.6) is 0 Å². The molecule has 7 nitrogen and oxygen atoms in total. The summed E-state index contributed by atoms with van der Waals surface area (Å²) in [7, 11) is 0. The largest absolute Gasteiger partial charge is 0.478 e. The van der Waals surface area contributed by atoms with Gasteiger partial charge in [-0.05, 0) is 12.1 Å². The Kier molecular flexibility index (Phi) is 3.74. The zero-order chi connectivity index (χ0) is 15.6. The van der Waals surface area contributed by atoms with Crippen LogP contribution in [0.4, 0.5) is 26.0 Å². The number of aromatic carboxylic acids is 1. The Labute approximate surface area is 116 Å². The number of carbonyl (C=O) groups is 1. The van der Waals surface area contributed by atoms with Gasteiger partial charge in [0.25, 0.3) is 5.69 Å². The number of pyridine rings is 1. The molecule has 0 bridgehead atoms. The lowest BCUT2D eigenvalue weighted by atomic mass is 10.2. The number of nitrogens with zero attached hydrogens (tertiary/aromatic N) is 2. The molecule has 0 aliphatic rings. The Bertz CT molecular complexity index is 736. The minimum absolute atomic E-state index is 0.208. The summed E-state index contributed by atoms with van der Waals surface area (Å²) in [5.74, 6) is -3.52. The fourth-order valence-corrected chi connectivity index (χ4v) is 1.53. The van der Waals surface area contributed by atoms with Crippen LogP contribution in [-0.2, 0) is 0 Å². The zero-order valence-corrected chi connectivity index (χ0v) is 10.2. The first-order chi connectivity index (χ1) is 9.88. The van der Waals surface area contributed by atoms with Gasteiger partial charge in [0.1, 0.15) is 29.2 Å². The fraction of sp³-hybridized carbons (Fsp3) is 0. The number of nitro groups is 1. The Morgan fingerprint density at radius 1 is 1.33 bits per heavy atom. The number of carboxylic acid groups (broad SMARTS) is 1. The second kappa shape index (κ2) is 5.49. The molecule has 0 aliphatic carbocycles. The van der Waals surface area contributed by atoms with E-state index in [0.717, 1.165) is 24.4 Å². The fourth-order valence-electron chi connectivity index (χ4n) is 1.53. The number of carboxylic acids is 1. The van der Waals surface area contributed by atoms with Crippen molar-refractivity contribution >= 4 is 23.2 Å². The predicted molar refractivity (Wildman–Crippen MR) is 67.5 cm³/mol. The van der Waals surface area contributed by atoms with Crippen LogP contribution in [0, 0.1) is 21.7 Å². The van der Waals surface area contributed by atoms with Crippen molar-refractivity contribution in [2.45, 2.75) is 0 Å². The van der Waals surface area contributed by atoms with Gasteiger partial charge in [0.2, 0.25) is 0 Å². The smallest absolute Gasteiger partial charge is 0.339 e. The van der Waals surface area contributed by atoms with Gasteiger partial charge >= 0.3 is 5.97 Å². The standard InChI is InChI=1S/C12H7F2N3O4/c13-6-1-2-10(9(14)3-6)16-11-8(12(18)19)4-7(5-15-11)17(20)21/h1-5H,(H,15,16)(H,18,19). The minimum atomic E-state index is -1.48. The van der Waals surface area contributed by atoms with Gasteiger partial charge in [0.15, 0.2) is 0 Å². The number of rotatable bonds is 4. The number of hydrogen-bond donors (Lipinski definition) is 2. The highest BCUT2D eigenvalue weighted by Crippen LogP contribution is 2.24. The lowest BCUT2D eigenvalue weighted by molar-refractivity contribution is -0.385. The summed E-state index contributed by atoms with van der Waals surface area (Å²) in [6.07, 6.45) is 0.830. The lowest BCUT2D eigenvalue weighted by Gasteiger charge is -2.09. The highest BCUT2D eigenvalue weighted by atomic mass is 19.1. The van der Waals surface area contributed by atoms with Crippen molar-refractivity contribution in [2.75, 3.05) is 5.32 Å². The summed E-state index contributed by atoms with van der Waals surface area (Å²) < 4.78 is 26.3. The molecular formula is C12H7F2N3O4. The van der Waals surface area contributed by atoms with Crippen LogP contribution in [0.1, 0.15) is 10.4 Å². The van der Waals surface area contributed by atoms with E-state index in [0.29, 0.717) is 6.07 Å². The molecule has 0 radical (unpaired) electrons. The van der Waals surface area contributed by atoms with Crippen LogP contribution >= 0.6 is 0 Å². The molecule has 1 aromatic heterocycles. The molecule has 0 spiro atoms. The van der Waals surface area contributed by atoms with Crippen LogP contribution in [0.25, 0.3) is 0 Å². The molecule has 0 saturated heterocycles. The van der Waals surface area contributed by atoms with Crippen LogP contribution in [0.2, 0.25) is 0 Å². The number of halogens is 2. The van der Waals surface area contributed by atoms with Crippen LogP contribution in [0.3, 0.4) is 0 Å². The summed E-state index contributed by atoms with van der Waals surface area (Å²) >= 11 is 0. The Morgan fingerprint density at radius 3 is 2.62 bits per heavy atom. The van der Waals surface area contributed by atoms with Crippen molar-refractivity contribution < 1.29 is 23.6 Å². The summed E-state index contributed by atoms with van der Waals surface area (Å²) in [6, 6.07) is 3.42. The van der Waals surface area contributed by atoms with Crippen molar-refractivity contribution in [1.82, 2.24) is 4.98 Å². The first kappa shape index (κ1) is 14.3. The highest BCUT2D eigenvalue weighted by molar-refractivity contribution is 5.94. The molecule has 2 rings (SSSR count). The predicted octanol–water partition coefficient (Wildman–Crippen LogP) is 2.71. The molecule has 21 heavy (non-hydrogen) atoms. The topological polar surface area (TPSA) is 105 Å². The molecule has 9 heteroatoms. The van der Waals surface area contributed by atoms with E-state index >= 15 is 0 Å². The van der Waals surface area contributed by atoms with Crippen molar-refractivity contribution in [1.29, 1.82) is 0 Å². The van der Waals surface area contributed by atoms with Crippen LogP contribution in [0.15, 0.2) is 30.5 Å². The first-order valence-electron chi connectivity index (χ1n) is 5.48. The molecule has 0 fully saturated rings. The van der Waals surface area contributed by atoms with Gasteiger partial charge in [0.05, 0.1) is 10.6 Å². The Hall–Kier alpha value is -3.10.